The molecule has 8 aromatic carbocycles. The molecule has 0 amide bonds. The molecule has 65 heavy (non-hydrogen) atoms. The van der Waals surface area contributed by atoms with Gasteiger partial charge in [0.2, 0.25) is 0 Å². The number of rotatable bonds is 6. The van der Waals surface area contributed by atoms with Crippen LogP contribution in [0.5, 0.6) is 0 Å². The highest BCUT2D eigenvalue weighted by atomic mass is 15.1. The lowest BCUT2D eigenvalue weighted by atomic mass is 9.70. The maximum Gasteiger partial charge on any atom is 0.0725 e. The predicted molar refractivity (Wildman–Crippen MR) is 274 cm³/mol. The summed E-state index contributed by atoms with van der Waals surface area (Å²) >= 11 is 0. The summed E-state index contributed by atoms with van der Waals surface area (Å²) in [4.78, 5) is 2.55. The average molecular weight is 838 g/mol. The van der Waals surface area contributed by atoms with Gasteiger partial charge in [-0.3, -0.25) is 0 Å². The van der Waals surface area contributed by atoms with E-state index in [-0.39, 0.29) is 16.2 Å². The van der Waals surface area contributed by atoms with Gasteiger partial charge in [0, 0.05) is 27.9 Å². The van der Waals surface area contributed by atoms with Crippen molar-refractivity contribution in [3.8, 4) is 44.5 Å². The molecule has 0 unspecified atom stereocenters. The van der Waals surface area contributed by atoms with Gasteiger partial charge >= 0.3 is 0 Å². The first-order valence-electron chi connectivity index (χ1n) is 23.6. The van der Waals surface area contributed by atoms with Crippen molar-refractivity contribution in [1.29, 1.82) is 0 Å². The second-order valence-corrected chi connectivity index (χ2v) is 20.0. The number of aryl methyl sites for hydroxylation is 2. The van der Waals surface area contributed by atoms with Crippen LogP contribution in [0.2, 0.25) is 0 Å². The highest BCUT2D eigenvalue weighted by Gasteiger charge is 2.51. The Hall–Kier alpha value is -6.96. The minimum atomic E-state index is -0.378. The molecule has 0 radical (unpaired) electrons. The molecular formula is C64H55N. The minimum absolute atomic E-state index is 0.113. The number of hydrogen-bond acceptors (Lipinski definition) is 1. The summed E-state index contributed by atoms with van der Waals surface area (Å²) in [5.41, 5.74) is 30.0. The van der Waals surface area contributed by atoms with E-state index in [2.05, 4.69) is 236 Å². The molecule has 0 fully saturated rings. The zero-order valence-corrected chi connectivity index (χ0v) is 38.9. The number of nitrogens with zero attached hydrogens (tertiary/aromatic N) is 1. The summed E-state index contributed by atoms with van der Waals surface area (Å²) in [5.74, 6) is 0. The zero-order valence-electron chi connectivity index (χ0n) is 38.9. The maximum atomic E-state index is 2.55. The molecule has 0 heterocycles. The molecule has 1 spiro atoms. The largest absolute Gasteiger partial charge is 0.314 e. The Morgan fingerprint density at radius 1 is 0.446 bits per heavy atom. The molecule has 316 valence electrons. The molecule has 0 bridgehead atoms. The van der Waals surface area contributed by atoms with E-state index in [1.807, 2.05) is 0 Å². The van der Waals surface area contributed by atoms with Gasteiger partial charge in [0.1, 0.15) is 0 Å². The summed E-state index contributed by atoms with van der Waals surface area (Å²) in [6, 6.07) is 64.7. The lowest BCUT2D eigenvalue weighted by Gasteiger charge is -2.32. The van der Waals surface area contributed by atoms with Crippen LogP contribution in [0.4, 0.5) is 11.4 Å². The number of allylic oxidation sites excluding steroid dienone is 4. The SMILES string of the molecule is CCC1=C(/C=C(\C)N(c2ccc3c(c2)C(C)(C)c2ccccc2-3)c2cc(C)c(-c3ccc4c(c3)C3(c5ccccc5-c5ccccc53)c3ccccc3-4)cc2C)C(C)(C)c2ccccc21. The second-order valence-electron chi connectivity index (χ2n) is 20.0. The topological polar surface area (TPSA) is 3.24 Å². The molecule has 0 N–H and O–H groups in total. The third-order valence-electron chi connectivity index (χ3n) is 15.9. The summed E-state index contributed by atoms with van der Waals surface area (Å²) in [6.07, 6.45) is 3.49. The van der Waals surface area contributed by atoms with Gasteiger partial charge < -0.3 is 4.90 Å². The molecule has 1 nitrogen and oxygen atoms in total. The van der Waals surface area contributed by atoms with Crippen LogP contribution in [0, 0.1) is 13.8 Å². The first kappa shape index (κ1) is 39.6. The molecule has 0 aromatic heterocycles. The Kier molecular flexibility index (Phi) is 8.54. The van der Waals surface area contributed by atoms with Gasteiger partial charge in [0.05, 0.1) is 5.41 Å². The summed E-state index contributed by atoms with van der Waals surface area (Å²) in [7, 11) is 0. The monoisotopic (exact) mass is 837 g/mol. The molecule has 0 saturated carbocycles. The van der Waals surface area contributed by atoms with Crippen LogP contribution in [0.3, 0.4) is 0 Å². The van der Waals surface area contributed by atoms with Gasteiger partial charge in [-0.15, -0.1) is 0 Å². The van der Waals surface area contributed by atoms with E-state index in [1.165, 1.54) is 128 Å². The van der Waals surface area contributed by atoms with Crippen LogP contribution >= 0.6 is 0 Å². The Labute approximate surface area is 385 Å². The van der Waals surface area contributed by atoms with E-state index < -0.39 is 0 Å². The van der Waals surface area contributed by atoms with Crippen molar-refractivity contribution >= 4 is 16.9 Å². The molecule has 4 aliphatic rings. The van der Waals surface area contributed by atoms with Crippen LogP contribution in [0.25, 0.3) is 50.1 Å². The Morgan fingerprint density at radius 3 is 1.51 bits per heavy atom. The predicted octanol–water partition coefficient (Wildman–Crippen LogP) is 16.8. The lowest BCUT2D eigenvalue weighted by molar-refractivity contribution is 0.652. The molecule has 12 rings (SSSR count). The minimum Gasteiger partial charge on any atom is -0.314 e. The van der Waals surface area contributed by atoms with Crippen LogP contribution in [-0.4, -0.2) is 0 Å². The van der Waals surface area contributed by atoms with Crippen molar-refractivity contribution < 1.29 is 0 Å². The normalized spacial score (nSPS) is 16.2. The van der Waals surface area contributed by atoms with Gasteiger partial charge in [0.25, 0.3) is 0 Å². The number of hydrogen-bond donors (Lipinski definition) is 0. The van der Waals surface area contributed by atoms with E-state index in [0.29, 0.717) is 0 Å². The van der Waals surface area contributed by atoms with Gasteiger partial charge in [-0.25, -0.2) is 0 Å². The van der Waals surface area contributed by atoms with E-state index >= 15 is 0 Å². The summed E-state index contributed by atoms with van der Waals surface area (Å²) in [5, 5.41) is 0. The number of anilines is 2. The molecular weight excluding hydrogens is 783 g/mol. The van der Waals surface area contributed by atoms with Gasteiger partial charge in [-0.1, -0.05) is 174 Å². The first-order valence-corrected chi connectivity index (χ1v) is 23.6. The van der Waals surface area contributed by atoms with Crippen molar-refractivity contribution in [3.05, 3.63) is 243 Å². The highest BCUT2D eigenvalue weighted by molar-refractivity contribution is 5.96. The van der Waals surface area contributed by atoms with Crippen molar-refractivity contribution in [2.45, 2.75) is 78.1 Å². The Balaban J connectivity index is 1.03. The fraction of sp³-hybridized carbons (Fsp3) is 0.188. The first-order chi connectivity index (χ1) is 31.5. The van der Waals surface area contributed by atoms with Crippen molar-refractivity contribution in [1.82, 2.24) is 0 Å². The lowest BCUT2D eigenvalue weighted by Crippen LogP contribution is -2.25. The quantitative estimate of drug-likeness (QED) is 0.161. The smallest absolute Gasteiger partial charge is 0.0725 e. The van der Waals surface area contributed by atoms with E-state index in [4.69, 9.17) is 0 Å². The molecule has 0 saturated heterocycles. The third kappa shape index (κ3) is 5.33. The van der Waals surface area contributed by atoms with E-state index in [0.717, 1.165) is 6.42 Å². The van der Waals surface area contributed by atoms with Crippen molar-refractivity contribution in [3.63, 3.8) is 0 Å². The molecule has 0 atom stereocenters. The second kappa shape index (κ2) is 14.0. The summed E-state index contributed by atoms with van der Waals surface area (Å²) < 4.78 is 0. The standard InChI is InChI=1S/C64H55N/c1-9-44-45-20-10-15-25-53(45)62(5,6)58(44)36-41(4)65(43-31-33-50-46-21-11-16-26-54(46)63(7,8)59(50)38-43)61-35-39(2)52(34-40(61)3)42-30-32-51-49-24-14-19-29-57(49)64(60(51)37-42)55-27-17-12-22-47(55)48-23-13-18-28-56(48)64/h10-38H,9H2,1-8H3/b41-36+. The Morgan fingerprint density at radius 2 is 0.923 bits per heavy atom. The van der Waals surface area contributed by atoms with E-state index in [9.17, 15) is 0 Å². The fourth-order valence-electron chi connectivity index (χ4n) is 12.9. The van der Waals surface area contributed by atoms with Crippen LogP contribution in [0.1, 0.15) is 104 Å². The molecule has 8 aromatic rings. The van der Waals surface area contributed by atoms with Crippen LogP contribution in [-0.2, 0) is 16.2 Å². The number of fused-ring (bicyclic) bond motifs is 14. The average Bonchev–Trinajstić information content (AvgIpc) is 3.95. The van der Waals surface area contributed by atoms with Crippen LogP contribution < -0.4 is 4.90 Å². The van der Waals surface area contributed by atoms with Gasteiger partial charge in [-0.05, 0) is 175 Å². The fourth-order valence-corrected chi connectivity index (χ4v) is 12.9. The Bertz CT molecular complexity index is 3340. The summed E-state index contributed by atoms with van der Waals surface area (Å²) in [6.45, 7) is 18.8. The zero-order chi connectivity index (χ0) is 44.6. The third-order valence-corrected chi connectivity index (χ3v) is 15.9. The van der Waals surface area contributed by atoms with E-state index in [1.54, 1.807) is 0 Å². The highest BCUT2D eigenvalue weighted by Crippen LogP contribution is 2.63. The molecule has 1 heteroatoms. The van der Waals surface area contributed by atoms with Gasteiger partial charge in [0.15, 0.2) is 0 Å². The maximum absolute atomic E-state index is 2.55. The van der Waals surface area contributed by atoms with Gasteiger partial charge in [-0.2, -0.15) is 0 Å². The number of benzene rings is 8. The van der Waals surface area contributed by atoms with Crippen molar-refractivity contribution in [2.75, 3.05) is 4.90 Å². The molecule has 4 aliphatic carbocycles. The van der Waals surface area contributed by atoms with Crippen molar-refractivity contribution in [2.24, 2.45) is 0 Å². The van der Waals surface area contributed by atoms with Crippen LogP contribution in [0.15, 0.2) is 187 Å². The molecule has 0 aliphatic heterocycles.